The number of halogens is 2. The van der Waals surface area contributed by atoms with Crippen LogP contribution in [0.15, 0.2) is 22.7 Å². The largest absolute Gasteiger partial charge is 0.383 e. The van der Waals surface area contributed by atoms with Crippen LogP contribution >= 0.6 is 27.5 Å². The maximum atomic E-state index is 12.1. The molecule has 0 radical (unpaired) electrons. The predicted molar refractivity (Wildman–Crippen MR) is 72.6 cm³/mol. The van der Waals surface area contributed by atoms with E-state index in [1.165, 1.54) is 0 Å². The highest BCUT2D eigenvalue weighted by Gasteiger charge is 2.17. The van der Waals surface area contributed by atoms with E-state index in [9.17, 15) is 4.79 Å². The Hall–Kier alpha value is -0.580. The Bertz CT molecular complexity index is 411. The quantitative estimate of drug-likeness (QED) is 0.852. The zero-order valence-electron chi connectivity index (χ0n) is 10.0. The van der Waals surface area contributed by atoms with Crippen molar-refractivity contribution in [3.8, 4) is 0 Å². The number of rotatable bonds is 4. The van der Waals surface area contributed by atoms with Crippen LogP contribution in [0.4, 0.5) is 0 Å². The van der Waals surface area contributed by atoms with Crippen LogP contribution < -0.4 is 0 Å². The van der Waals surface area contributed by atoms with Gasteiger partial charge in [-0.25, -0.2) is 0 Å². The van der Waals surface area contributed by atoms with E-state index in [0.29, 0.717) is 17.2 Å². The minimum absolute atomic E-state index is 0.0231. The van der Waals surface area contributed by atoms with Gasteiger partial charge in [0.2, 0.25) is 0 Å². The summed E-state index contributed by atoms with van der Waals surface area (Å²) in [5, 5.41) is 0.531. The molecule has 1 atom stereocenters. The first-order valence-corrected chi connectivity index (χ1v) is 6.35. The molecule has 1 amide bonds. The summed E-state index contributed by atoms with van der Waals surface area (Å²) in [5.74, 6) is -0.0658. The molecule has 1 rings (SSSR count). The molecule has 0 spiro atoms. The van der Waals surface area contributed by atoms with E-state index in [2.05, 4.69) is 15.9 Å². The maximum absolute atomic E-state index is 12.1. The summed E-state index contributed by atoms with van der Waals surface area (Å²) in [6, 6.07) is 5.19. The highest BCUT2D eigenvalue weighted by atomic mass is 79.9. The summed E-state index contributed by atoms with van der Waals surface area (Å²) in [4.78, 5) is 13.8. The van der Waals surface area contributed by atoms with Crippen molar-refractivity contribution in [3.63, 3.8) is 0 Å². The van der Waals surface area contributed by atoms with E-state index in [1.807, 2.05) is 6.92 Å². The van der Waals surface area contributed by atoms with E-state index in [4.69, 9.17) is 16.3 Å². The fourth-order valence-electron chi connectivity index (χ4n) is 1.39. The van der Waals surface area contributed by atoms with Crippen LogP contribution in [0.25, 0.3) is 0 Å². The van der Waals surface area contributed by atoms with Gasteiger partial charge in [0.15, 0.2) is 0 Å². The second kappa shape index (κ2) is 6.38. The van der Waals surface area contributed by atoms with Gasteiger partial charge in [0.05, 0.1) is 17.7 Å². The summed E-state index contributed by atoms with van der Waals surface area (Å²) in [5.41, 5.74) is 0.573. The number of carbonyl (C=O) groups excluding carboxylic acids is 1. The van der Waals surface area contributed by atoms with E-state index in [-0.39, 0.29) is 11.9 Å². The monoisotopic (exact) mass is 319 g/mol. The molecular formula is C12H15BrClNO2. The molecule has 1 aromatic carbocycles. The van der Waals surface area contributed by atoms with Crippen molar-refractivity contribution in [2.45, 2.75) is 13.0 Å². The van der Waals surface area contributed by atoms with Crippen LogP contribution in [0.5, 0.6) is 0 Å². The fourth-order valence-corrected chi connectivity index (χ4v) is 1.81. The van der Waals surface area contributed by atoms with Crippen LogP contribution in [0.1, 0.15) is 17.3 Å². The Morgan fingerprint density at radius 3 is 2.76 bits per heavy atom. The molecule has 5 heteroatoms. The smallest absolute Gasteiger partial charge is 0.253 e. The third kappa shape index (κ3) is 3.69. The van der Waals surface area contributed by atoms with Crippen molar-refractivity contribution >= 4 is 33.4 Å². The Morgan fingerprint density at radius 2 is 2.24 bits per heavy atom. The van der Waals surface area contributed by atoms with Gasteiger partial charge in [0.1, 0.15) is 0 Å². The standard InChI is InChI=1S/C12H15BrClNO2/c1-8(7-17-3)15(2)12(16)9-4-5-10(13)11(14)6-9/h4-6,8H,7H2,1-3H3. The van der Waals surface area contributed by atoms with E-state index >= 15 is 0 Å². The lowest BCUT2D eigenvalue weighted by molar-refractivity contribution is 0.0633. The zero-order chi connectivity index (χ0) is 13.0. The first-order chi connectivity index (χ1) is 7.97. The molecule has 0 aliphatic rings. The number of carbonyl (C=O) groups is 1. The summed E-state index contributed by atoms with van der Waals surface area (Å²) < 4.78 is 5.81. The predicted octanol–water partition coefficient (Wildman–Crippen LogP) is 3.21. The first-order valence-electron chi connectivity index (χ1n) is 5.18. The summed E-state index contributed by atoms with van der Waals surface area (Å²) >= 11 is 9.25. The highest BCUT2D eigenvalue weighted by Crippen LogP contribution is 2.23. The van der Waals surface area contributed by atoms with Gasteiger partial charge in [-0.3, -0.25) is 4.79 Å². The molecule has 0 aliphatic heterocycles. The second-order valence-corrected chi connectivity index (χ2v) is 5.11. The van der Waals surface area contributed by atoms with Gasteiger partial charge in [-0.1, -0.05) is 11.6 Å². The number of benzene rings is 1. The lowest BCUT2D eigenvalue weighted by Gasteiger charge is -2.24. The molecule has 1 unspecified atom stereocenters. The highest BCUT2D eigenvalue weighted by molar-refractivity contribution is 9.10. The van der Waals surface area contributed by atoms with E-state index in [1.54, 1.807) is 37.3 Å². The topological polar surface area (TPSA) is 29.5 Å². The SMILES string of the molecule is COCC(C)N(C)C(=O)c1ccc(Br)c(Cl)c1. The van der Waals surface area contributed by atoms with Gasteiger partial charge in [-0.05, 0) is 41.1 Å². The average Bonchev–Trinajstić information content (AvgIpc) is 2.31. The molecule has 0 N–H and O–H groups in total. The zero-order valence-corrected chi connectivity index (χ0v) is 12.4. The molecular weight excluding hydrogens is 305 g/mol. The first kappa shape index (κ1) is 14.5. The van der Waals surface area contributed by atoms with Crippen molar-refractivity contribution in [1.82, 2.24) is 4.90 Å². The third-order valence-corrected chi connectivity index (χ3v) is 3.79. The summed E-state index contributed by atoms with van der Waals surface area (Å²) in [7, 11) is 3.37. The van der Waals surface area contributed by atoms with Crippen LogP contribution in [0, 0.1) is 0 Å². The molecule has 3 nitrogen and oxygen atoms in total. The minimum atomic E-state index is -0.0658. The molecule has 0 heterocycles. The Morgan fingerprint density at radius 1 is 1.59 bits per heavy atom. The lowest BCUT2D eigenvalue weighted by Crippen LogP contribution is -2.37. The van der Waals surface area contributed by atoms with Gasteiger partial charge >= 0.3 is 0 Å². The fraction of sp³-hybridized carbons (Fsp3) is 0.417. The van der Waals surface area contributed by atoms with Gasteiger partial charge in [0.25, 0.3) is 5.91 Å². The third-order valence-electron chi connectivity index (χ3n) is 2.56. The van der Waals surface area contributed by atoms with Gasteiger partial charge < -0.3 is 9.64 Å². The Balaban J connectivity index is 2.85. The van der Waals surface area contributed by atoms with Crippen molar-refractivity contribution in [1.29, 1.82) is 0 Å². The molecule has 0 saturated carbocycles. The molecule has 0 aromatic heterocycles. The lowest BCUT2D eigenvalue weighted by atomic mass is 10.2. The molecule has 1 aromatic rings. The molecule has 0 saturated heterocycles. The van der Waals surface area contributed by atoms with Crippen LogP contribution in [0.2, 0.25) is 5.02 Å². The van der Waals surface area contributed by atoms with E-state index < -0.39 is 0 Å². The van der Waals surface area contributed by atoms with Crippen molar-refractivity contribution in [2.24, 2.45) is 0 Å². The number of hydrogen-bond acceptors (Lipinski definition) is 2. The van der Waals surface area contributed by atoms with Crippen LogP contribution in [-0.2, 0) is 4.74 Å². The summed E-state index contributed by atoms with van der Waals surface area (Å²) in [6.45, 7) is 2.44. The van der Waals surface area contributed by atoms with Crippen molar-refractivity contribution in [3.05, 3.63) is 33.3 Å². The number of amides is 1. The van der Waals surface area contributed by atoms with Crippen LogP contribution in [-0.4, -0.2) is 37.6 Å². The number of likely N-dealkylation sites (N-methyl/N-ethyl adjacent to an activating group) is 1. The molecule has 0 bridgehead atoms. The normalized spacial score (nSPS) is 12.3. The summed E-state index contributed by atoms with van der Waals surface area (Å²) in [6.07, 6.45) is 0. The van der Waals surface area contributed by atoms with Gasteiger partial charge in [0, 0.05) is 24.2 Å². The second-order valence-electron chi connectivity index (χ2n) is 3.85. The molecule has 0 fully saturated rings. The minimum Gasteiger partial charge on any atom is -0.383 e. The Labute approximate surface area is 115 Å². The maximum Gasteiger partial charge on any atom is 0.253 e. The molecule has 94 valence electrons. The van der Waals surface area contributed by atoms with Gasteiger partial charge in [-0.2, -0.15) is 0 Å². The number of nitrogens with zero attached hydrogens (tertiary/aromatic N) is 1. The van der Waals surface area contributed by atoms with Crippen molar-refractivity contribution < 1.29 is 9.53 Å². The van der Waals surface area contributed by atoms with E-state index in [0.717, 1.165) is 4.47 Å². The van der Waals surface area contributed by atoms with Gasteiger partial charge in [-0.15, -0.1) is 0 Å². The van der Waals surface area contributed by atoms with Crippen molar-refractivity contribution in [2.75, 3.05) is 20.8 Å². The van der Waals surface area contributed by atoms with Crippen LogP contribution in [0.3, 0.4) is 0 Å². The number of hydrogen-bond donors (Lipinski definition) is 0. The Kier molecular flexibility index (Phi) is 5.43. The number of ether oxygens (including phenoxy) is 1. The number of methoxy groups -OCH3 is 1. The molecule has 17 heavy (non-hydrogen) atoms. The average molecular weight is 321 g/mol. The molecule has 0 aliphatic carbocycles.